The molecule has 0 saturated heterocycles. The molecule has 0 aliphatic heterocycles. The summed E-state index contributed by atoms with van der Waals surface area (Å²) >= 11 is 1.71. The lowest BCUT2D eigenvalue weighted by molar-refractivity contribution is -0.902. The molecule has 0 bridgehead atoms. The van der Waals surface area contributed by atoms with E-state index in [0.717, 1.165) is 27.4 Å². The summed E-state index contributed by atoms with van der Waals surface area (Å²) in [5.74, 6) is 0.0767. The number of fused-ring (bicyclic) bond motifs is 1. The molecule has 0 saturated carbocycles. The molecule has 1 heterocycles. The van der Waals surface area contributed by atoms with Crippen LogP contribution in [0.5, 0.6) is 0 Å². The van der Waals surface area contributed by atoms with Gasteiger partial charge in [-0.05, 0) is 38.0 Å². The SMILES string of the molecule is CC[C@H](NC(=O)C[NH+](C)[C@@H](C)c1nc2ccccc2s1)c1ccc(C)cc1. The Balaban J connectivity index is 1.62. The number of nitrogens with one attached hydrogen (secondary N) is 2. The van der Waals surface area contributed by atoms with Gasteiger partial charge in [-0.3, -0.25) is 4.79 Å². The summed E-state index contributed by atoms with van der Waals surface area (Å²) in [6.45, 7) is 6.74. The van der Waals surface area contributed by atoms with Gasteiger partial charge in [0.05, 0.1) is 23.3 Å². The number of aryl methyl sites for hydroxylation is 1. The zero-order valence-electron chi connectivity index (χ0n) is 16.5. The van der Waals surface area contributed by atoms with Crippen molar-refractivity contribution >= 4 is 27.5 Å². The Morgan fingerprint density at radius 2 is 1.89 bits per heavy atom. The largest absolute Gasteiger partial charge is 0.344 e. The number of hydrogen-bond acceptors (Lipinski definition) is 3. The van der Waals surface area contributed by atoms with Crippen LogP contribution >= 0.6 is 11.3 Å². The quantitative estimate of drug-likeness (QED) is 0.657. The highest BCUT2D eigenvalue weighted by Gasteiger charge is 2.23. The predicted molar refractivity (Wildman–Crippen MR) is 112 cm³/mol. The van der Waals surface area contributed by atoms with E-state index in [1.807, 2.05) is 18.2 Å². The molecule has 4 nitrogen and oxygen atoms in total. The highest BCUT2D eigenvalue weighted by atomic mass is 32.1. The second kappa shape index (κ2) is 8.63. The van der Waals surface area contributed by atoms with Crippen LogP contribution in [0, 0.1) is 6.92 Å². The molecule has 2 N–H and O–H groups in total. The maximum Gasteiger partial charge on any atom is 0.275 e. The number of thiazole rings is 1. The van der Waals surface area contributed by atoms with Crippen LogP contribution in [-0.4, -0.2) is 24.5 Å². The van der Waals surface area contributed by atoms with Crippen LogP contribution < -0.4 is 10.2 Å². The average molecular weight is 383 g/mol. The molecule has 3 aromatic rings. The number of para-hydroxylation sites is 1. The van der Waals surface area contributed by atoms with Crippen molar-refractivity contribution in [2.45, 2.75) is 39.3 Å². The topological polar surface area (TPSA) is 46.4 Å². The second-order valence-corrected chi connectivity index (χ2v) is 8.27. The highest BCUT2D eigenvalue weighted by Crippen LogP contribution is 2.24. The van der Waals surface area contributed by atoms with Gasteiger partial charge in [0, 0.05) is 0 Å². The molecule has 0 fully saturated rings. The van der Waals surface area contributed by atoms with Crippen molar-refractivity contribution in [1.29, 1.82) is 0 Å². The van der Waals surface area contributed by atoms with Gasteiger partial charge in [-0.1, -0.05) is 48.9 Å². The van der Waals surface area contributed by atoms with E-state index >= 15 is 0 Å². The minimum atomic E-state index is 0.0589. The Kier molecular flexibility index (Phi) is 6.24. The maximum atomic E-state index is 12.6. The fraction of sp³-hybridized carbons (Fsp3) is 0.364. The Bertz CT molecular complexity index is 870. The third-order valence-electron chi connectivity index (χ3n) is 5.08. The van der Waals surface area contributed by atoms with Gasteiger partial charge in [0.15, 0.2) is 11.6 Å². The third kappa shape index (κ3) is 4.73. The molecule has 27 heavy (non-hydrogen) atoms. The van der Waals surface area contributed by atoms with Crippen molar-refractivity contribution in [1.82, 2.24) is 10.3 Å². The molecule has 1 aromatic heterocycles. The van der Waals surface area contributed by atoms with E-state index < -0.39 is 0 Å². The molecular weight excluding hydrogens is 354 g/mol. The first kappa shape index (κ1) is 19.5. The monoisotopic (exact) mass is 382 g/mol. The smallest absolute Gasteiger partial charge is 0.275 e. The van der Waals surface area contributed by atoms with Crippen LogP contribution in [0.4, 0.5) is 0 Å². The van der Waals surface area contributed by atoms with Crippen LogP contribution in [0.25, 0.3) is 10.2 Å². The summed E-state index contributed by atoms with van der Waals surface area (Å²) in [6.07, 6.45) is 0.876. The van der Waals surface area contributed by atoms with E-state index in [9.17, 15) is 4.79 Å². The fourth-order valence-electron chi connectivity index (χ4n) is 3.16. The molecule has 142 valence electrons. The van der Waals surface area contributed by atoms with Crippen molar-refractivity contribution in [3.63, 3.8) is 0 Å². The van der Waals surface area contributed by atoms with E-state index in [1.54, 1.807) is 11.3 Å². The van der Waals surface area contributed by atoms with Gasteiger partial charge in [0.1, 0.15) is 6.04 Å². The third-order valence-corrected chi connectivity index (χ3v) is 6.30. The standard InChI is InChI=1S/C22H27N3OS/c1-5-18(17-12-10-15(2)11-13-17)23-21(26)14-25(4)16(3)22-24-19-8-6-7-9-20(19)27-22/h6-13,16,18H,5,14H2,1-4H3,(H,23,26)/p+1/t16-,18-/m0/s1. The summed E-state index contributed by atoms with van der Waals surface area (Å²) in [5, 5.41) is 4.27. The predicted octanol–water partition coefficient (Wildman–Crippen LogP) is 3.45. The van der Waals surface area contributed by atoms with E-state index in [4.69, 9.17) is 4.98 Å². The normalized spacial score (nSPS) is 14.7. The zero-order chi connectivity index (χ0) is 19.4. The van der Waals surface area contributed by atoms with Crippen molar-refractivity contribution in [2.75, 3.05) is 13.6 Å². The molecule has 0 aliphatic rings. The van der Waals surface area contributed by atoms with Crippen LogP contribution in [0.3, 0.4) is 0 Å². The Hall–Kier alpha value is -2.24. The van der Waals surface area contributed by atoms with Gasteiger partial charge in [-0.25, -0.2) is 4.98 Å². The first-order valence-electron chi connectivity index (χ1n) is 9.51. The first-order chi connectivity index (χ1) is 13.0. The summed E-state index contributed by atoms with van der Waals surface area (Å²) < 4.78 is 1.20. The van der Waals surface area contributed by atoms with E-state index in [0.29, 0.717) is 6.54 Å². The zero-order valence-corrected chi connectivity index (χ0v) is 17.3. The van der Waals surface area contributed by atoms with Crippen molar-refractivity contribution < 1.29 is 9.69 Å². The van der Waals surface area contributed by atoms with Gasteiger partial charge in [-0.2, -0.15) is 0 Å². The number of hydrogen-bond donors (Lipinski definition) is 2. The number of nitrogens with zero attached hydrogens (tertiary/aromatic N) is 1. The molecule has 1 amide bonds. The molecule has 1 unspecified atom stereocenters. The van der Waals surface area contributed by atoms with Gasteiger partial charge in [0.2, 0.25) is 0 Å². The maximum absolute atomic E-state index is 12.6. The lowest BCUT2D eigenvalue weighted by Gasteiger charge is -2.22. The van der Waals surface area contributed by atoms with Crippen LogP contribution in [-0.2, 0) is 4.79 Å². The Labute approximate surface area is 165 Å². The first-order valence-corrected chi connectivity index (χ1v) is 10.3. The Morgan fingerprint density at radius 1 is 1.19 bits per heavy atom. The van der Waals surface area contributed by atoms with Gasteiger partial charge >= 0.3 is 0 Å². The number of benzene rings is 2. The van der Waals surface area contributed by atoms with E-state index in [2.05, 4.69) is 63.5 Å². The number of carbonyl (C=O) groups is 1. The second-order valence-electron chi connectivity index (χ2n) is 7.20. The molecule has 0 spiro atoms. The van der Waals surface area contributed by atoms with E-state index in [-0.39, 0.29) is 18.0 Å². The number of quaternary nitrogens is 1. The molecule has 3 rings (SSSR count). The summed E-state index contributed by atoms with van der Waals surface area (Å²) in [5.41, 5.74) is 3.43. The highest BCUT2D eigenvalue weighted by molar-refractivity contribution is 7.18. The average Bonchev–Trinajstić information content (AvgIpc) is 3.10. The minimum absolute atomic E-state index is 0.0589. The summed E-state index contributed by atoms with van der Waals surface area (Å²) in [7, 11) is 2.06. The van der Waals surface area contributed by atoms with Gasteiger partial charge < -0.3 is 10.2 Å². The van der Waals surface area contributed by atoms with Gasteiger partial charge in [0.25, 0.3) is 5.91 Å². The minimum Gasteiger partial charge on any atom is -0.344 e. The number of rotatable bonds is 7. The lowest BCUT2D eigenvalue weighted by Crippen LogP contribution is -3.10. The van der Waals surface area contributed by atoms with Crippen molar-refractivity contribution in [2.24, 2.45) is 0 Å². The molecule has 5 heteroatoms. The van der Waals surface area contributed by atoms with E-state index in [1.165, 1.54) is 10.3 Å². The number of likely N-dealkylation sites (N-methyl/N-ethyl adjacent to an activating group) is 1. The molecule has 0 aliphatic carbocycles. The molecule has 0 radical (unpaired) electrons. The van der Waals surface area contributed by atoms with Crippen LogP contribution in [0.2, 0.25) is 0 Å². The van der Waals surface area contributed by atoms with Crippen molar-refractivity contribution in [3.8, 4) is 0 Å². The summed E-state index contributed by atoms with van der Waals surface area (Å²) in [6, 6.07) is 16.8. The Morgan fingerprint density at radius 3 is 2.56 bits per heavy atom. The van der Waals surface area contributed by atoms with Crippen LogP contribution in [0.15, 0.2) is 48.5 Å². The number of carbonyl (C=O) groups excluding carboxylic acids is 1. The van der Waals surface area contributed by atoms with Crippen molar-refractivity contribution in [3.05, 3.63) is 64.7 Å². The summed E-state index contributed by atoms with van der Waals surface area (Å²) in [4.78, 5) is 18.5. The lowest BCUT2D eigenvalue weighted by atomic mass is 10.0. The fourth-order valence-corrected chi connectivity index (χ4v) is 4.27. The molecular formula is C22H28N3OS+. The molecule has 3 atom stereocenters. The number of aromatic nitrogens is 1. The molecule has 2 aromatic carbocycles. The number of amides is 1. The van der Waals surface area contributed by atoms with Gasteiger partial charge in [-0.15, -0.1) is 11.3 Å². The van der Waals surface area contributed by atoms with Crippen LogP contribution in [0.1, 0.15) is 48.5 Å².